The molecule has 0 radical (unpaired) electrons. The average molecular weight is 257 g/mol. The minimum Gasteiger partial charge on any atom is -0.346 e. The number of piperidine rings is 1. The Kier molecular flexibility index (Phi) is 3.85. The molecule has 3 rings (SSSR count). The molecule has 0 bridgehead atoms. The minimum atomic E-state index is 0.622. The van der Waals surface area contributed by atoms with Gasteiger partial charge in [-0.1, -0.05) is 24.6 Å². The van der Waals surface area contributed by atoms with Crippen LogP contribution in [0.1, 0.15) is 24.8 Å². The number of para-hydroxylation sites is 1. The van der Waals surface area contributed by atoms with E-state index in [1.165, 1.54) is 48.8 Å². The van der Waals surface area contributed by atoms with Crippen LogP contribution in [0, 0.1) is 0 Å². The number of nitrogens with zero attached hydrogens (tertiary/aromatic N) is 2. The number of rotatable bonds is 4. The van der Waals surface area contributed by atoms with Crippen molar-refractivity contribution in [3.05, 3.63) is 36.0 Å². The molecule has 102 valence electrons. The second-order valence-electron chi connectivity index (χ2n) is 5.47. The Morgan fingerprint density at radius 1 is 1.00 bits per heavy atom. The van der Waals surface area contributed by atoms with E-state index < -0.39 is 0 Å². The summed E-state index contributed by atoms with van der Waals surface area (Å²) >= 11 is 0. The largest absolute Gasteiger partial charge is 0.346 e. The van der Waals surface area contributed by atoms with E-state index in [2.05, 4.69) is 39.9 Å². The van der Waals surface area contributed by atoms with E-state index in [0.29, 0.717) is 6.54 Å². The van der Waals surface area contributed by atoms with Gasteiger partial charge in [0.1, 0.15) is 0 Å². The first-order valence-corrected chi connectivity index (χ1v) is 7.37. The van der Waals surface area contributed by atoms with E-state index in [4.69, 9.17) is 5.73 Å². The predicted molar refractivity (Wildman–Crippen MR) is 80.1 cm³/mol. The van der Waals surface area contributed by atoms with E-state index in [9.17, 15) is 0 Å². The molecule has 0 saturated carbocycles. The van der Waals surface area contributed by atoms with E-state index in [1.807, 2.05) is 0 Å². The highest BCUT2D eigenvalue weighted by molar-refractivity contribution is 5.83. The van der Waals surface area contributed by atoms with Gasteiger partial charge in [0.2, 0.25) is 0 Å². The summed E-state index contributed by atoms with van der Waals surface area (Å²) in [6.45, 7) is 5.38. The van der Waals surface area contributed by atoms with Crippen molar-refractivity contribution in [1.82, 2.24) is 9.47 Å². The fourth-order valence-corrected chi connectivity index (χ4v) is 3.10. The summed E-state index contributed by atoms with van der Waals surface area (Å²) < 4.78 is 2.37. The van der Waals surface area contributed by atoms with Crippen molar-refractivity contribution in [1.29, 1.82) is 0 Å². The molecule has 1 saturated heterocycles. The summed E-state index contributed by atoms with van der Waals surface area (Å²) in [5, 5.41) is 1.31. The van der Waals surface area contributed by atoms with Crippen molar-refractivity contribution in [2.75, 3.05) is 19.6 Å². The molecular formula is C16H23N3. The third-order valence-corrected chi connectivity index (χ3v) is 4.20. The predicted octanol–water partition coefficient (Wildman–Crippen LogP) is 2.59. The van der Waals surface area contributed by atoms with Gasteiger partial charge < -0.3 is 15.2 Å². The molecule has 1 aliphatic heterocycles. The molecule has 1 fully saturated rings. The third kappa shape index (κ3) is 2.67. The maximum Gasteiger partial charge on any atom is 0.0484 e. The molecule has 0 spiro atoms. The Hall–Kier alpha value is -1.32. The zero-order valence-corrected chi connectivity index (χ0v) is 11.5. The molecule has 0 amide bonds. The number of aromatic nitrogens is 1. The van der Waals surface area contributed by atoms with Gasteiger partial charge >= 0.3 is 0 Å². The molecule has 2 heterocycles. The molecule has 1 aromatic carbocycles. The van der Waals surface area contributed by atoms with E-state index in [-0.39, 0.29) is 0 Å². The summed E-state index contributed by atoms with van der Waals surface area (Å²) in [6.07, 6.45) is 6.36. The third-order valence-electron chi connectivity index (χ3n) is 4.20. The lowest BCUT2D eigenvalue weighted by Gasteiger charge is -2.26. The van der Waals surface area contributed by atoms with Crippen LogP contribution >= 0.6 is 0 Å². The van der Waals surface area contributed by atoms with Gasteiger partial charge in [-0.3, -0.25) is 0 Å². The van der Waals surface area contributed by atoms with Crippen LogP contribution in [0.25, 0.3) is 10.9 Å². The number of fused-ring (bicyclic) bond motifs is 1. The van der Waals surface area contributed by atoms with Crippen LogP contribution in [0.15, 0.2) is 30.5 Å². The minimum absolute atomic E-state index is 0.622. The zero-order chi connectivity index (χ0) is 13.1. The molecule has 0 unspecified atom stereocenters. The number of nitrogens with two attached hydrogens (primary N) is 1. The van der Waals surface area contributed by atoms with Gasteiger partial charge in [-0.15, -0.1) is 0 Å². The van der Waals surface area contributed by atoms with Crippen molar-refractivity contribution in [2.45, 2.75) is 32.4 Å². The van der Waals surface area contributed by atoms with Crippen molar-refractivity contribution >= 4 is 10.9 Å². The summed E-state index contributed by atoms with van der Waals surface area (Å²) in [5.41, 5.74) is 8.42. The lowest BCUT2D eigenvalue weighted by atomic mass is 10.1. The van der Waals surface area contributed by atoms with Crippen LogP contribution in [0.2, 0.25) is 0 Å². The number of hydrogen-bond donors (Lipinski definition) is 1. The lowest BCUT2D eigenvalue weighted by Crippen LogP contribution is -2.32. The maximum absolute atomic E-state index is 5.84. The normalized spacial score (nSPS) is 17.1. The SMILES string of the molecule is NCc1cn(CCN2CCCCC2)c2ccccc12. The maximum atomic E-state index is 5.84. The Morgan fingerprint density at radius 2 is 1.79 bits per heavy atom. The van der Waals surface area contributed by atoms with Gasteiger partial charge in [-0.25, -0.2) is 0 Å². The second kappa shape index (κ2) is 5.76. The van der Waals surface area contributed by atoms with Crippen LogP contribution in [-0.4, -0.2) is 29.1 Å². The Morgan fingerprint density at radius 3 is 2.58 bits per heavy atom. The Labute approximate surface area is 115 Å². The van der Waals surface area contributed by atoms with Gasteiger partial charge in [0, 0.05) is 36.7 Å². The van der Waals surface area contributed by atoms with Crippen LogP contribution in [0.3, 0.4) is 0 Å². The topological polar surface area (TPSA) is 34.2 Å². The second-order valence-corrected chi connectivity index (χ2v) is 5.47. The molecule has 19 heavy (non-hydrogen) atoms. The molecule has 0 aliphatic carbocycles. The standard InChI is InChI=1S/C16H23N3/c17-12-14-13-19(16-7-3-2-6-15(14)16)11-10-18-8-4-1-5-9-18/h2-3,6-7,13H,1,4-5,8-12,17H2. The highest BCUT2D eigenvalue weighted by atomic mass is 15.1. The van der Waals surface area contributed by atoms with Crippen molar-refractivity contribution < 1.29 is 0 Å². The van der Waals surface area contributed by atoms with Gasteiger partial charge in [-0.05, 0) is 37.6 Å². The van der Waals surface area contributed by atoms with Crippen molar-refractivity contribution in [3.63, 3.8) is 0 Å². The number of likely N-dealkylation sites (tertiary alicyclic amines) is 1. The summed E-state index contributed by atoms with van der Waals surface area (Å²) in [5.74, 6) is 0. The lowest BCUT2D eigenvalue weighted by molar-refractivity contribution is 0.221. The van der Waals surface area contributed by atoms with Gasteiger partial charge in [0.15, 0.2) is 0 Å². The molecule has 1 aliphatic rings. The summed E-state index contributed by atoms with van der Waals surface area (Å²) in [7, 11) is 0. The zero-order valence-electron chi connectivity index (χ0n) is 11.5. The number of benzene rings is 1. The average Bonchev–Trinajstić information content (AvgIpc) is 2.84. The first-order valence-electron chi connectivity index (χ1n) is 7.37. The smallest absolute Gasteiger partial charge is 0.0484 e. The fraction of sp³-hybridized carbons (Fsp3) is 0.500. The molecule has 0 atom stereocenters. The van der Waals surface area contributed by atoms with E-state index in [0.717, 1.165) is 13.1 Å². The first kappa shape index (κ1) is 12.7. The van der Waals surface area contributed by atoms with Gasteiger partial charge in [-0.2, -0.15) is 0 Å². The molecular weight excluding hydrogens is 234 g/mol. The highest BCUT2D eigenvalue weighted by Gasteiger charge is 2.11. The van der Waals surface area contributed by atoms with E-state index in [1.54, 1.807) is 0 Å². The van der Waals surface area contributed by atoms with Gasteiger partial charge in [0.25, 0.3) is 0 Å². The molecule has 2 aromatic rings. The quantitative estimate of drug-likeness (QED) is 0.913. The van der Waals surface area contributed by atoms with Crippen LogP contribution in [0.5, 0.6) is 0 Å². The Bertz CT molecular complexity index is 538. The first-order chi connectivity index (χ1) is 9.38. The fourth-order valence-electron chi connectivity index (χ4n) is 3.10. The molecule has 1 aromatic heterocycles. The van der Waals surface area contributed by atoms with Crippen molar-refractivity contribution in [2.24, 2.45) is 5.73 Å². The monoisotopic (exact) mass is 257 g/mol. The van der Waals surface area contributed by atoms with Crippen LogP contribution < -0.4 is 5.73 Å². The van der Waals surface area contributed by atoms with Crippen LogP contribution in [-0.2, 0) is 13.1 Å². The van der Waals surface area contributed by atoms with Gasteiger partial charge in [0.05, 0.1) is 0 Å². The summed E-state index contributed by atoms with van der Waals surface area (Å²) in [6, 6.07) is 8.58. The molecule has 2 N–H and O–H groups in total. The Balaban J connectivity index is 1.76. The highest BCUT2D eigenvalue weighted by Crippen LogP contribution is 2.21. The summed E-state index contributed by atoms with van der Waals surface area (Å²) in [4.78, 5) is 2.58. The van der Waals surface area contributed by atoms with Crippen LogP contribution in [0.4, 0.5) is 0 Å². The van der Waals surface area contributed by atoms with E-state index >= 15 is 0 Å². The molecule has 3 nitrogen and oxygen atoms in total. The van der Waals surface area contributed by atoms with Crippen molar-refractivity contribution in [3.8, 4) is 0 Å². The number of hydrogen-bond acceptors (Lipinski definition) is 2. The molecule has 3 heteroatoms.